The van der Waals surface area contributed by atoms with Crippen LogP contribution in [0.1, 0.15) is 36.0 Å². The summed E-state index contributed by atoms with van der Waals surface area (Å²) < 4.78 is 0. The van der Waals surface area contributed by atoms with Crippen molar-refractivity contribution in [3.63, 3.8) is 0 Å². The minimum atomic E-state index is -0.175. The van der Waals surface area contributed by atoms with Crippen molar-refractivity contribution >= 4 is 5.91 Å². The quantitative estimate of drug-likeness (QED) is 0.764. The van der Waals surface area contributed by atoms with Gasteiger partial charge in [-0.05, 0) is 31.7 Å². The van der Waals surface area contributed by atoms with E-state index in [9.17, 15) is 9.59 Å². The highest BCUT2D eigenvalue weighted by atomic mass is 16.2. The van der Waals surface area contributed by atoms with Crippen molar-refractivity contribution < 1.29 is 4.79 Å². The predicted molar refractivity (Wildman–Crippen MR) is 68.5 cm³/mol. The Morgan fingerprint density at radius 3 is 2.28 bits per heavy atom. The number of allylic oxidation sites excluding steroid dienone is 1. The number of rotatable bonds is 1. The van der Waals surface area contributed by atoms with Crippen LogP contribution in [0.2, 0.25) is 0 Å². The highest BCUT2D eigenvalue weighted by molar-refractivity contribution is 5.94. The molecule has 0 unspecified atom stereocenters. The normalized spacial score (nSPS) is 19.0. The number of H-pyrrole nitrogens is 1. The van der Waals surface area contributed by atoms with E-state index in [1.54, 1.807) is 17.2 Å². The first-order valence-electron chi connectivity index (χ1n) is 6.42. The van der Waals surface area contributed by atoms with Gasteiger partial charge in [0.1, 0.15) is 0 Å². The standard InChI is InChI=1S/C14H16N2O2/c17-13-4-3-12(9-15-13)14(18)16-7-5-11(6-8-16)10-1-2-10/h3-4,9H,1-2,5-8H2,(H,15,17). The van der Waals surface area contributed by atoms with Crippen molar-refractivity contribution in [1.82, 2.24) is 9.88 Å². The SMILES string of the molecule is O=C(c1ccc(=O)[nH]c1)N1CCC(=C2CC2)CC1. The molecule has 1 N–H and O–H groups in total. The van der Waals surface area contributed by atoms with Crippen LogP contribution in [-0.2, 0) is 0 Å². The van der Waals surface area contributed by atoms with Crippen LogP contribution in [-0.4, -0.2) is 28.9 Å². The number of hydrogen-bond donors (Lipinski definition) is 1. The van der Waals surface area contributed by atoms with E-state index in [0.29, 0.717) is 5.56 Å². The number of amides is 1. The van der Waals surface area contributed by atoms with Gasteiger partial charge in [0.25, 0.3) is 5.91 Å². The molecule has 2 aliphatic rings. The van der Waals surface area contributed by atoms with Gasteiger partial charge in [-0.25, -0.2) is 0 Å². The maximum absolute atomic E-state index is 12.2. The smallest absolute Gasteiger partial charge is 0.255 e. The van der Waals surface area contributed by atoms with Gasteiger partial charge in [-0.15, -0.1) is 0 Å². The van der Waals surface area contributed by atoms with Crippen molar-refractivity contribution in [2.24, 2.45) is 0 Å². The summed E-state index contributed by atoms with van der Waals surface area (Å²) >= 11 is 0. The Morgan fingerprint density at radius 1 is 1.06 bits per heavy atom. The molecule has 0 radical (unpaired) electrons. The summed E-state index contributed by atoms with van der Waals surface area (Å²) in [6.07, 6.45) is 6.07. The lowest BCUT2D eigenvalue weighted by Gasteiger charge is -2.28. The van der Waals surface area contributed by atoms with E-state index in [1.807, 2.05) is 4.90 Å². The van der Waals surface area contributed by atoms with Gasteiger partial charge >= 0.3 is 0 Å². The molecule has 1 aromatic rings. The molecule has 2 fully saturated rings. The van der Waals surface area contributed by atoms with Crippen LogP contribution in [0.15, 0.2) is 34.3 Å². The molecule has 0 spiro atoms. The van der Waals surface area contributed by atoms with Gasteiger partial charge in [-0.1, -0.05) is 11.1 Å². The van der Waals surface area contributed by atoms with Crippen LogP contribution in [0, 0.1) is 0 Å². The Hall–Kier alpha value is -1.84. The highest BCUT2D eigenvalue weighted by Crippen LogP contribution is 2.36. The number of carbonyl (C=O) groups is 1. The fourth-order valence-electron chi connectivity index (χ4n) is 2.48. The number of aromatic amines is 1. The predicted octanol–water partition coefficient (Wildman–Crippen LogP) is 1.70. The molecule has 2 heterocycles. The van der Waals surface area contributed by atoms with E-state index in [2.05, 4.69) is 4.98 Å². The van der Waals surface area contributed by atoms with E-state index in [4.69, 9.17) is 0 Å². The first-order valence-corrected chi connectivity index (χ1v) is 6.42. The molecule has 1 saturated carbocycles. The van der Waals surface area contributed by atoms with Crippen LogP contribution in [0.3, 0.4) is 0 Å². The summed E-state index contributed by atoms with van der Waals surface area (Å²) in [4.78, 5) is 27.6. The second-order valence-corrected chi connectivity index (χ2v) is 4.94. The van der Waals surface area contributed by atoms with Crippen molar-refractivity contribution in [3.05, 3.63) is 45.4 Å². The monoisotopic (exact) mass is 244 g/mol. The van der Waals surface area contributed by atoms with E-state index in [0.717, 1.165) is 25.9 Å². The number of nitrogens with zero attached hydrogens (tertiary/aromatic N) is 1. The molecule has 94 valence electrons. The number of carbonyl (C=O) groups excluding carboxylic acids is 1. The molecule has 4 heteroatoms. The number of hydrogen-bond acceptors (Lipinski definition) is 2. The number of aromatic nitrogens is 1. The molecule has 4 nitrogen and oxygen atoms in total. The number of likely N-dealkylation sites (tertiary alicyclic amines) is 1. The van der Waals surface area contributed by atoms with Crippen LogP contribution < -0.4 is 5.56 Å². The number of pyridine rings is 1. The van der Waals surface area contributed by atoms with E-state index in [-0.39, 0.29) is 11.5 Å². The van der Waals surface area contributed by atoms with Gasteiger partial charge in [0.15, 0.2) is 0 Å². The molecular formula is C14H16N2O2. The maximum Gasteiger partial charge on any atom is 0.255 e. The van der Waals surface area contributed by atoms with Crippen molar-refractivity contribution in [1.29, 1.82) is 0 Å². The maximum atomic E-state index is 12.2. The van der Waals surface area contributed by atoms with Gasteiger partial charge in [-0.2, -0.15) is 0 Å². The molecular weight excluding hydrogens is 228 g/mol. The fraction of sp³-hybridized carbons (Fsp3) is 0.429. The molecule has 0 bridgehead atoms. The molecule has 1 aromatic heterocycles. The lowest BCUT2D eigenvalue weighted by atomic mass is 10.0. The lowest BCUT2D eigenvalue weighted by molar-refractivity contribution is 0.0743. The summed E-state index contributed by atoms with van der Waals surface area (Å²) in [6.45, 7) is 1.60. The zero-order valence-electron chi connectivity index (χ0n) is 10.2. The third-order valence-electron chi connectivity index (χ3n) is 3.69. The van der Waals surface area contributed by atoms with Gasteiger partial charge in [0, 0.05) is 25.4 Å². The van der Waals surface area contributed by atoms with Crippen molar-refractivity contribution in [3.8, 4) is 0 Å². The Kier molecular flexibility index (Phi) is 2.78. The summed E-state index contributed by atoms with van der Waals surface area (Å²) in [6, 6.07) is 2.99. The zero-order valence-corrected chi connectivity index (χ0v) is 10.2. The molecule has 1 aliphatic carbocycles. The van der Waals surface area contributed by atoms with Crippen molar-refractivity contribution in [2.45, 2.75) is 25.7 Å². The highest BCUT2D eigenvalue weighted by Gasteiger charge is 2.24. The van der Waals surface area contributed by atoms with Gasteiger partial charge in [0.05, 0.1) is 5.56 Å². The molecule has 3 rings (SSSR count). The summed E-state index contributed by atoms with van der Waals surface area (Å²) in [5.41, 5.74) is 3.58. The summed E-state index contributed by atoms with van der Waals surface area (Å²) in [5.74, 6) is 0.0195. The van der Waals surface area contributed by atoms with E-state index in [1.165, 1.54) is 25.1 Å². The van der Waals surface area contributed by atoms with Gasteiger partial charge in [0.2, 0.25) is 5.56 Å². The van der Waals surface area contributed by atoms with Crippen LogP contribution in [0.25, 0.3) is 0 Å². The number of piperidine rings is 1. The average Bonchev–Trinajstić information content (AvgIpc) is 3.23. The second-order valence-electron chi connectivity index (χ2n) is 4.94. The van der Waals surface area contributed by atoms with Crippen molar-refractivity contribution in [2.75, 3.05) is 13.1 Å². The summed E-state index contributed by atoms with van der Waals surface area (Å²) in [5, 5.41) is 0. The fourth-order valence-corrected chi connectivity index (χ4v) is 2.48. The topological polar surface area (TPSA) is 53.2 Å². The van der Waals surface area contributed by atoms with E-state index < -0.39 is 0 Å². The number of nitrogens with one attached hydrogen (secondary N) is 1. The molecule has 18 heavy (non-hydrogen) atoms. The molecule has 1 saturated heterocycles. The van der Waals surface area contributed by atoms with E-state index >= 15 is 0 Å². The Morgan fingerprint density at radius 2 is 1.72 bits per heavy atom. The van der Waals surface area contributed by atoms with Gasteiger partial charge < -0.3 is 9.88 Å². The zero-order chi connectivity index (χ0) is 12.5. The Labute approximate surface area is 105 Å². The van der Waals surface area contributed by atoms with Crippen LogP contribution in [0.5, 0.6) is 0 Å². The average molecular weight is 244 g/mol. The Balaban J connectivity index is 1.69. The van der Waals surface area contributed by atoms with Gasteiger partial charge in [-0.3, -0.25) is 9.59 Å². The molecule has 0 atom stereocenters. The van der Waals surface area contributed by atoms with Crippen LogP contribution >= 0.6 is 0 Å². The third kappa shape index (κ3) is 2.23. The second kappa shape index (κ2) is 4.44. The third-order valence-corrected chi connectivity index (χ3v) is 3.69. The summed E-state index contributed by atoms with van der Waals surface area (Å²) in [7, 11) is 0. The molecule has 1 amide bonds. The minimum absolute atomic E-state index is 0.0195. The molecule has 1 aliphatic heterocycles. The largest absolute Gasteiger partial charge is 0.338 e. The van der Waals surface area contributed by atoms with Crippen LogP contribution in [0.4, 0.5) is 0 Å². The first kappa shape index (κ1) is 11.3. The Bertz CT molecular complexity index is 535. The molecule has 0 aromatic carbocycles. The minimum Gasteiger partial charge on any atom is -0.338 e. The first-order chi connectivity index (χ1) is 8.74. The lowest BCUT2D eigenvalue weighted by Crippen LogP contribution is -2.36.